The quantitative estimate of drug-likeness (QED) is 0.899. The zero-order valence-corrected chi connectivity index (χ0v) is 11.5. The molecule has 1 N–H and O–H groups in total. The van der Waals surface area contributed by atoms with Crippen LogP contribution in [0.25, 0.3) is 0 Å². The Bertz CT molecular complexity index is 391. The van der Waals surface area contributed by atoms with Gasteiger partial charge in [-0.3, -0.25) is 4.79 Å². The lowest BCUT2D eigenvalue weighted by Gasteiger charge is -2.33. The predicted molar refractivity (Wildman–Crippen MR) is 76.1 cm³/mol. The lowest BCUT2D eigenvalue weighted by molar-refractivity contribution is -0.142. The summed E-state index contributed by atoms with van der Waals surface area (Å²) in [4.78, 5) is 11.3. The number of hydrogen-bond acceptors (Lipinski definition) is 2. The Labute approximate surface area is 113 Å². The number of rotatable bonds is 4. The third-order valence-corrected chi connectivity index (χ3v) is 5.04. The highest BCUT2D eigenvalue weighted by Gasteiger charge is 2.35. The molecule has 98 valence electrons. The van der Waals surface area contributed by atoms with Crippen molar-refractivity contribution in [3.05, 3.63) is 35.9 Å². The third-order valence-electron chi connectivity index (χ3n) is 3.76. The van der Waals surface area contributed by atoms with Crippen LogP contribution >= 0.6 is 11.8 Å². The summed E-state index contributed by atoms with van der Waals surface area (Å²) in [5.74, 6) is 0.754. The molecule has 3 atom stereocenters. The Morgan fingerprint density at radius 2 is 2.06 bits per heavy atom. The SMILES string of the molecule is CCSC1CC(c2ccccc2)CCC1C(=O)O. The molecule has 0 saturated heterocycles. The van der Waals surface area contributed by atoms with E-state index in [9.17, 15) is 9.90 Å². The van der Waals surface area contributed by atoms with Crippen LogP contribution in [0.15, 0.2) is 30.3 Å². The third kappa shape index (κ3) is 3.08. The fraction of sp³-hybridized carbons (Fsp3) is 0.533. The molecule has 0 spiro atoms. The normalized spacial score (nSPS) is 27.9. The molecule has 1 aromatic carbocycles. The van der Waals surface area contributed by atoms with Crippen LogP contribution < -0.4 is 0 Å². The molecule has 1 aliphatic rings. The molecule has 1 aliphatic carbocycles. The second-order valence-electron chi connectivity index (χ2n) is 4.86. The molecule has 1 aromatic rings. The van der Waals surface area contributed by atoms with E-state index in [0.29, 0.717) is 5.92 Å². The molecule has 0 radical (unpaired) electrons. The molecule has 1 saturated carbocycles. The second-order valence-corrected chi connectivity index (χ2v) is 6.38. The van der Waals surface area contributed by atoms with E-state index in [0.717, 1.165) is 25.0 Å². The standard InChI is InChI=1S/C15H20O2S/c1-2-18-14-10-12(8-9-13(14)15(16)17)11-6-4-3-5-7-11/h3-7,12-14H,2,8-10H2,1H3,(H,16,17). The van der Waals surface area contributed by atoms with Gasteiger partial charge in [0.1, 0.15) is 0 Å². The van der Waals surface area contributed by atoms with E-state index in [4.69, 9.17) is 0 Å². The first-order chi connectivity index (χ1) is 8.72. The molecule has 0 bridgehead atoms. The maximum Gasteiger partial charge on any atom is 0.307 e. The summed E-state index contributed by atoms with van der Waals surface area (Å²) in [7, 11) is 0. The van der Waals surface area contributed by atoms with Crippen LogP contribution in [0.1, 0.15) is 37.7 Å². The number of aliphatic carboxylic acids is 1. The van der Waals surface area contributed by atoms with Gasteiger partial charge in [0.15, 0.2) is 0 Å². The lowest BCUT2D eigenvalue weighted by Crippen LogP contribution is -2.32. The number of benzene rings is 1. The van der Waals surface area contributed by atoms with Gasteiger partial charge in [-0.1, -0.05) is 37.3 Å². The molecule has 2 rings (SSSR count). The highest BCUT2D eigenvalue weighted by molar-refractivity contribution is 7.99. The van der Waals surface area contributed by atoms with Crippen molar-refractivity contribution in [1.82, 2.24) is 0 Å². The predicted octanol–water partition coefficient (Wildman–Crippen LogP) is 3.78. The van der Waals surface area contributed by atoms with Gasteiger partial charge >= 0.3 is 5.97 Å². The van der Waals surface area contributed by atoms with E-state index in [-0.39, 0.29) is 11.2 Å². The van der Waals surface area contributed by atoms with E-state index < -0.39 is 5.97 Å². The Morgan fingerprint density at radius 3 is 2.67 bits per heavy atom. The summed E-state index contributed by atoms with van der Waals surface area (Å²) in [6.07, 6.45) is 2.81. The Hall–Kier alpha value is -0.960. The molecule has 2 nitrogen and oxygen atoms in total. The highest BCUT2D eigenvalue weighted by Crippen LogP contribution is 2.41. The highest BCUT2D eigenvalue weighted by atomic mass is 32.2. The van der Waals surface area contributed by atoms with Crippen molar-refractivity contribution in [2.75, 3.05) is 5.75 Å². The van der Waals surface area contributed by atoms with Gasteiger partial charge in [0.25, 0.3) is 0 Å². The lowest BCUT2D eigenvalue weighted by atomic mass is 9.78. The van der Waals surface area contributed by atoms with E-state index >= 15 is 0 Å². The van der Waals surface area contributed by atoms with Crippen molar-refractivity contribution in [2.45, 2.75) is 37.4 Å². The summed E-state index contributed by atoms with van der Waals surface area (Å²) in [6.45, 7) is 2.11. The van der Waals surface area contributed by atoms with Gasteiger partial charge in [0.05, 0.1) is 5.92 Å². The van der Waals surface area contributed by atoms with Crippen LogP contribution in [0.4, 0.5) is 0 Å². The molecule has 0 amide bonds. The minimum atomic E-state index is -0.618. The number of hydrogen-bond donors (Lipinski definition) is 1. The first-order valence-electron chi connectivity index (χ1n) is 6.61. The molecular weight excluding hydrogens is 244 g/mol. The van der Waals surface area contributed by atoms with Gasteiger partial charge in [-0.15, -0.1) is 0 Å². The molecule has 0 aromatic heterocycles. The largest absolute Gasteiger partial charge is 0.481 e. The zero-order chi connectivity index (χ0) is 13.0. The molecule has 0 heterocycles. The van der Waals surface area contributed by atoms with Crippen molar-refractivity contribution in [3.8, 4) is 0 Å². The number of carbonyl (C=O) groups is 1. The van der Waals surface area contributed by atoms with E-state index in [1.807, 2.05) is 6.07 Å². The van der Waals surface area contributed by atoms with Gasteiger partial charge in [0.2, 0.25) is 0 Å². The Kier molecular flexibility index (Phi) is 4.70. The van der Waals surface area contributed by atoms with Crippen molar-refractivity contribution in [2.24, 2.45) is 5.92 Å². The Morgan fingerprint density at radius 1 is 1.33 bits per heavy atom. The van der Waals surface area contributed by atoms with Gasteiger partial charge in [0, 0.05) is 5.25 Å². The monoisotopic (exact) mass is 264 g/mol. The minimum Gasteiger partial charge on any atom is -0.481 e. The van der Waals surface area contributed by atoms with Crippen molar-refractivity contribution in [1.29, 1.82) is 0 Å². The van der Waals surface area contributed by atoms with Gasteiger partial charge < -0.3 is 5.11 Å². The smallest absolute Gasteiger partial charge is 0.307 e. The maximum atomic E-state index is 11.3. The van der Waals surface area contributed by atoms with Crippen LogP contribution in [0, 0.1) is 5.92 Å². The first kappa shape index (κ1) is 13.5. The summed E-state index contributed by atoms with van der Waals surface area (Å²) in [5, 5.41) is 9.55. The van der Waals surface area contributed by atoms with E-state index in [2.05, 4.69) is 31.2 Å². The molecule has 3 heteroatoms. The number of thioether (sulfide) groups is 1. The fourth-order valence-electron chi connectivity index (χ4n) is 2.84. The maximum absolute atomic E-state index is 11.3. The topological polar surface area (TPSA) is 37.3 Å². The number of carboxylic acid groups (broad SMARTS) is 1. The van der Waals surface area contributed by atoms with Gasteiger partial charge in [-0.2, -0.15) is 11.8 Å². The summed E-state index contributed by atoms with van der Waals surface area (Å²) in [6, 6.07) is 10.5. The molecule has 0 aliphatic heterocycles. The number of carboxylic acids is 1. The van der Waals surface area contributed by atoms with Crippen LogP contribution in [0.2, 0.25) is 0 Å². The molecule has 18 heavy (non-hydrogen) atoms. The summed E-state index contributed by atoms with van der Waals surface area (Å²) in [5.41, 5.74) is 1.36. The Balaban J connectivity index is 2.08. The second kappa shape index (κ2) is 6.28. The zero-order valence-electron chi connectivity index (χ0n) is 10.7. The average Bonchev–Trinajstić information content (AvgIpc) is 2.40. The first-order valence-corrected chi connectivity index (χ1v) is 7.66. The van der Waals surface area contributed by atoms with E-state index in [1.54, 1.807) is 11.8 Å². The minimum absolute atomic E-state index is 0.157. The summed E-state index contributed by atoms with van der Waals surface area (Å²) >= 11 is 1.81. The van der Waals surface area contributed by atoms with Crippen LogP contribution in [-0.4, -0.2) is 22.1 Å². The average molecular weight is 264 g/mol. The van der Waals surface area contributed by atoms with Crippen molar-refractivity contribution < 1.29 is 9.90 Å². The molecule has 1 fully saturated rings. The van der Waals surface area contributed by atoms with Gasteiger partial charge in [-0.05, 0) is 36.5 Å². The van der Waals surface area contributed by atoms with Crippen LogP contribution in [0.3, 0.4) is 0 Å². The molecular formula is C15H20O2S. The van der Waals surface area contributed by atoms with Crippen molar-refractivity contribution in [3.63, 3.8) is 0 Å². The summed E-state index contributed by atoms with van der Waals surface area (Å²) < 4.78 is 0. The van der Waals surface area contributed by atoms with Crippen LogP contribution in [0.5, 0.6) is 0 Å². The fourth-order valence-corrected chi connectivity index (χ4v) is 4.12. The van der Waals surface area contributed by atoms with Crippen LogP contribution in [-0.2, 0) is 4.79 Å². The van der Waals surface area contributed by atoms with Crippen molar-refractivity contribution >= 4 is 17.7 Å². The molecule has 3 unspecified atom stereocenters. The van der Waals surface area contributed by atoms with E-state index in [1.165, 1.54) is 5.56 Å². The van der Waals surface area contributed by atoms with Gasteiger partial charge in [-0.25, -0.2) is 0 Å².